The molecule has 0 radical (unpaired) electrons. The van der Waals surface area contributed by atoms with Crippen molar-refractivity contribution >= 4 is 5.91 Å². The molecule has 1 amide bonds. The molecule has 104 valence electrons. The van der Waals surface area contributed by atoms with Gasteiger partial charge in [-0.15, -0.1) is 0 Å². The number of H-pyrrole nitrogens is 1. The lowest BCUT2D eigenvalue weighted by atomic mass is 9.82. The molecule has 2 aliphatic rings. The third-order valence-corrected chi connectivity index (χ3v) is 4.25. The zero-order chi connectivity index (χ0) is 13.3. The number of ether oxygens (including phenoxy) is 1. The summed E-state index contributed by atoms with van der Waals surface area (Å²) in [6.45, 7) is 2.38. The van der Waals surface area contributed by atoms with Gasteiger partial charge in [-0.05, 0) is 26.2 Å². The molecule has 2 N–H and O–H groups in total. The predicted octanol–water partition coefficient (Wildman–Crippen LogP) is 1.33. The Morgan fingerprint density at radius 3 is 2.84 bits per heavy atom. The van der Waals surface area contributed by atoms with E-state index in [-0.39, 0.29) is 17.6 Å². The van der Waals surface area contributed by atoms with Crippen LogP contribution >= 0.6 is 0 Å². The van der Waals surface area contributed by atoms with Crippen LogP contribution in [0.2, 0.25) is 0 Å². The van der Waals surface area contributed by atoms with Crippen LogP contribution in [0.4, 0.5) is 0 Å². The highest BCUT2D eigenvalue weighted by atomic mass is 16.5. The number of hydrogen-bond acceptors (Lipinski definition) is 4. The van der Waals surface area contributed by atoms with Crippen molar-refractivity contribution in [3.8, 4) is 0 Å². The number of aromatic nitrogens is 3. The fourth-order valence-electron chi connectivity index (χ4n) is 3.23. The van der Waals surface area contributed by atoms with Crippen LogP contribution in [0, 0.1) is 6.92 Å². The minimum absolute atomic E-state index is 0.0229. The second kappa shape index (κ2) is 4.92. The van der Waals surface area contributed by atoms with Crippen molar-refractivity contribution in [3.05, 3.63) is 11.4 Å². The van der Waals surface area contributed by atoms with Crippen LogP contribution in [-0.2, 0) is 4.74 Å². The molecule has 2 heterocycles. The van der Waals surface area contributed by atoms with Gasteiger partial charge in [0, 0.05) is 0 Å². The number of aromatic amines is 1. The Labute approximate surface area is 112 Å². The van der Waals surface area contributed by atoms with Crippen molar-refractivity contribution in [2.45, 2.75) is 57.1 Å². The summed E-state index contributed by atoms with van der Waals surface area (Å²) < 4.78 is 5.98. The van der Waals surface area contributed by atoms with E-state index < -0.39 is 0 Å². The Kier molecular flexibility index (Phi) is 3.26. The van der Waals surface area contributed by atoms with Gasteiger partial charge in [-0.1, -0.05) is 19.3 Å². The van der Waals surface area contributed by atoms with Crippen molar-refractivity contribution in [2.75, 3.05) is 6.61 Å². The number of aryl methyl sites for hydroxylation is 1. The molecule has 1 aromatic heterocycles. The largest absolute Gasteiger partial charge is 0.373 e. The van der Waals surface area contributed by atoms with Crippen molar-refractivity contribution in [2.24, 2.45) is 0 Å². The van der Waals surface area contributed by atoms with Crippen LogP contribution < -0.4 is 5.32 Å². The zero-order valence-electron chi connectivity index (χ0n) is 11.2. The zero-order valence-corrected chi connectivity index (χ0v) is 11.2. The molecule has 6 heteroatoms. The van der Waals surface area contributed by atoms with Gasteiger partial charge < -0.3 is 10.1 Å². The van der Waals surface area contributed by atoms with Gasteiger partial charge in [0.15, 0.2) is 5.69 Å². The third kappa shape index (κ3) is 2.49. The maximum Gasteiger partial charge on any atom is 0.274 e. The van der Waals surface area contributed by atoms with Crippen molar-refractivity contribution in [1.82, 2.24) is 20.7 Å². The molecule has 0 bridgehead atoms. The molecule has 1 saturated carbocycles. The number of nitrogens with one attached hydrogen (secondary N) is 2. The fraction of sp³-hybridized carbons (Fsp3) is 0.769. The molecule has 1 saturated heterocycles. The van der Waals surface area contributed by atoms with Crippen molar-refractivity contribution in [3.63, 3.8) is 0 Å². The van der Waals surface area contributed by atoms with Gasteiger partial charge in [-0.2, -0.15) is 15.4 Å². The SMILES string of the molecule is Cc1n[nH]nc1C(=O)N[C@H]1COC2(CCCCC2)C1. The number of carbonyl (C=O) groups is 1. The highest BCUT2D eigenvalue weighted by Gasteiger charge is 2.41. The van der Waals surface area contributed by atoms with Gasteiger partial charge in [0.05, 0.1) is 23.9 Å². The Hall–Kier alpha value is -1.43. The van der Waals surface area contributed by atoms with Gasteiger partial charge in [0.1, 0.15) is 0 Å². The number of carbonyl (C=O) groups excluding carboxylic acids is 1. The van der Waals surface area contributed by atoms with Crippen molar-refractivity contribution < 1.29 is 9.53 Å². The summed E-state index contributed by atoms with van der Waals surface area (Å²) in [4.78, 5) is 12.1. The van der Waals surface area contributed by atoms with E-state index in [9.17, 15) is 4.79 Å². The summed E-state index contributed by atoms with van der Waals surface area (Å²) in [6, 6.07) is 0.0988. The molecule has 1 aliphatic heterocycles. The number of rotatable bonds is 2. The third-order valence-electron chi connectivity index (χ3n) is 4.25. The average molecular weight is 264 g/mol. The lowest BCUT2D eigenvalue weighted by Gasteiger charge is -2.32. The van der Waals surface area contributed by atoms with Gasteiger partial charge in [0.2, 0.25) is 0 Å². The monoisotopic (exact) mass is 264 g/mol. The predicted molar refractivity (Wildman–Crippen MR) is 68.8 cm³/mol. The summed E-state index contributed by atoms with van der Waals surface area (Å²) in [5, 5.41) is 13.2. The highest BCUT2D eigenvalue weighted by Crippen LogP contribution is 2.39. The maximum absolute atomic E-state index is 12.1. The lowest BCUT2D eigenvalue weighted by molar-refractivity contribution is -0.0246. The molecule has 6 nitrogen and oxygen atoms in total. The van der Waals surface area contributed by atoms with Gasteiger partial charge in [0.25, 0.3) is 5.91 Å². The first-order valence-electron chi connectivity index (χ1n) is 7.01. The standard InChI is InChI=1S/C13H20N4O2/c1-9-11(16-17-15-9)12(18)14-10-7-13(19-8-10)5-3-2-4-6-13/h10H,2-8H2,1H3,(H,14,18)(H,15,16,17)/t10-/m1/s1. The van der Waals surface area contributed by atoms with Crippen molar-refractivity contribution in [1.29, 1.82) is 0 Å². The number of amides is 1. The molecule has 0 unspecified atom stereocenters. The van der Waals surface area contributed by atoms with Crippen LogP contribution in [0.25, 0.3) is 0 Å². The minimum atomic E-state index is -0.160. The lowest BCUT2D eigenvalue weighted by Crippen LogP contribution is -2.37. The molecule has 2 fully saturated rings. The quantitative estimate of drug-likeness (QED) is 0.844. The summed E-state index contributed by atoms with van der Waals surface area (Å²) >= 11 is 0. The molecule has 1 aliphatic carbocycles. The Morgan fingerprint density at radius 1 is 1.37 bits per heavy atom. The summed E-state index contributed by atoms with van der Waals surface area (Å²) in [5.41, 5.74) is 1.03. The van der Waals surface area contributed by atoms with E-state index >= 15 is 0 Å². The summed E-state index contributed by atoms with van der Waals surface area (Å²) in [7, 11) is 0. The first-order valence-corrected chi connectivity index (χ1v) is 7.01. The average Bonchev–Trinajstić information content (AvgIpc) is 2.98. The molecule has 1 spiro atoms. The second-order valence-corrected chi connectivity index (χ2v) is 5.69. The van der Waals surface area contributed by atoms with Gasteiger partial charge in [-0.3, -0.25) is 4.79 Å². The van der Waals surface area contributed by atoms with E-state index in [1.54, 1.807) is 6.92 Å². The Bertz CT molecular complexity index is 465. The van der Waals surface area contributed by atoms with Crippen LogP contribution in [0.15, 0.2) is 0 Å². The van der Waals surface area contributed by atoms with Crippen LogP contribution in [0.1, 0.15) is 54.7 Å². The molecule has 3 rings (SSSR count). The normalized spacial score (nSPS) is 25.6. The summed E-state index contributed by atoms with van der Waals surface area (Å²) in [5.74, 6) is -0.160. The second-order valence-electron chi connectivity index (χ2n) is 5.69. The first kappa shape index (κ1) is 12.6. The number of hydrogen-bond donors (Lipinski definition) is 2. The Balaban J connectivity index is 1.60. The molecular weight excluding hydrogens is 244 g/mol. The van der Waals surface area contributed by atoms with Crippen LogP contribution in [0.3, 0.4) is 0 Å². The smallest absolute Gasteiger partial charge is 0.274 e. The van der Waals surface area contributed by atoms with Gasteiger partial charge in [-0.25, -0.2) is 0 Å². The highest BCUT2D eigenvalue weighted by molar-refractivity contribution is 5.93. The van der Waals surface area contributed by atoms with E-state index in [2.05, 4.69) is 20.7 Å². The van der Waals surface area contributed by atoms with Crippen LogP contribution in [0.5, 0.6) is 0 Å². The molecule has 1 aromatic rings. The Morgan fingerprint density at radius 2 is 2.16 bits per heavy atom. The fourth-order valence-corrected chi connectivity index (χ4v) is 3.23. The first-order chi connectivity index (χ1) is 9.19. The van der Waals surface area contributed by atoms with Gasteiger partial charge >= 0.3 is 0 Å². The van der Waals surface area contributed by atoms with E-state index in [0.717, 1.165) is 19.3 Å². The molecular formula is C13H20N4O2. The molecule has 19 heavy (non-hydrogen) atoms. The number of nitrogens with zero attached hydrogens (tertiary/aromatic N) is 2. The van der Waals surface area contributed by atoms with E-state index in [1.165, 1.54) is 19.3 Å². The topological polar surface area (TPSA) is 79.9 Å². The molecule has 1 atom stereocenters. The minimum Gasteiger partial charge on any atom is -0.373 e. The van der Waals surface area contributed by atoms with E-state index in [0.29, 0.717) is 18.0 Å². The summed E-state index contributed by atoms with van der Waals surface area (Å²) in [6.07, 6.45) is 6.97. The molecule has 0 aromatic carbocycles. The maximum atomic E-state index is 12.1. The van der Waals surface area contributed by atoms with Crippen LogP contribution in [-0.4, -0.2) is 39.6 Å². The van der Waals surface area contributed by atoms with E-state index in [4.69, 9.17) is 4.74 Å². The van der Waals surface area contributed by atoms with E-state index in [1.807, 2.05) is 0 Å².